The first-order valence-electron chi connectivity index (χ1n) is 6.69. The van der Waals surface area contributed by atoms with Crippen LogP contribution in [-0.2, 0) is 0 Å². The number of hydrogen-bond acceptors (Lipinski definition) is 2. The summed E-state index contributed by atoms with van der Waals surface area (Å²) in [6.07, 6.45) is -0.0107. The molecule has 1 aromatic rings. The van der Waals surface area contributed by atoms with E-state index in [0.717, 1.165) is 26.1 Å². The van der Waals surface area contributed by atoms with E-state index in [1.165, 1.54) is 23.1 Å². The van der Waals surface area contributed by atoms with E-state index in [4.69, 9.17) is 0 Å². The molecule has 0 radical (unpaired) electrons. The lowest BCUT2D eigenvalue weighted by molar-refractivity contribution is 0.200. The molecule has 1 amide bonds. The number of anilines is 1. The minimum absolute atomic E-state index is 0.322. The maximum Gasteiger partial charge on any atom is 0.411 e. The van der Waals surface area contributed by atoms with E-state index in [0.29, 0.717) is 22.6 Å². The fourth-order valence-corrected chi connectivity index (χ4v) is 3.15. The molecule has 1 N–H and O–H groups in total. The van der Waals surface area contributed by atoms with E-state index >= 15 is 0 Å². The first kappa shape index (κ1) is 15.3. The van der Waals surface area contributed by atoms with Crippen LogP contribution in [0.2, 0.25) is 0 Å². The predicted octanol–water partition coefficient (Wildman–Crippen LogP) is 3.41. The largest absolute Gasteiger partial charge is 0.465 e. The molecular formula is C14H18BrFN2O2. The maximum absolute atomic E-state index is 13.1. The quantitative estimate of drug-likeness (QED) is 0.910. The van der Waals surface area contributed by atoms with E-state index in [1.807, 2.05) is 0 Å². The topological polar surface area (TPSA) is 43.8 Å². The fourth-order valence-electron chi connectivity index (χ4n) is 2.59. The van der Waals surface area contributed by atoms with Crippen molar-refractivity contribution in [2.24, 2.45) is 5.92 Å². The minimum Gasteiger partial charge on any atom is -0.465 e. The number of hydrogen-bond donors (Lipinski definition) is 1. The van der Waals surface area contributed by atoms with Gasteiger partial charge in [-0.15, -0.1) is 0 Å². The van der Waals surface area contributed by atoms with Crippen LogP contribution in [0, 0.1) is 11.7 Å². The number of rotatable bonds is 4. The van der Waals surface area contributed by atoms with Crippen molar-refractivity contribution in [2.75, 3.05) is 31.1 Å². The lowest BCUT2D eigenvalue weighted by atomic mass is 10.1. The highest BCUT2D eigenvalue weighted by Crippen LogP contribution is 2.29. The molecule has 1 aliphatic rings. The summed E-state index contributed by atoms with van der Waals surface area (Å²) in [6, 6.07) is 4.07. The molecule has 1 fully saturated rings. The lowest BCUT2D eigenvalue weighted by Crippen LogP contribution is -2.35. The summed E-state index contributed by atoms with van der Waals surface area (Å²) in [5.74, 6) is -0.0630. The Morgan fingerprint density at radius 2 is 2.35 bits per heavy atom. The highest BCUT2D eigenvalue weighted by molar-refractivity contribution is 9.10. The zero-order valence-corrected chi connectivity index (χ0v) is 12.9. The number of carboxylic acid groups (broad SMARTS) is 1. The van der Waals surface area contributed by atoms with E-state index < -0.39 is 6.09 Å². The molecule has 1 atom stereocenters. The van der Waals surface area contributed by atoms with Gasteiger partial charge in [0.25, 0.3) is 0 Å². The summed E-state index contributed by atoms with van der Waals surface area (Å²) in [4.78, 5) is 15.1. The van der Waals surface area contributed by atoms with Crippen LogP contribution in [0.25, 0.3) is 0 Å². The highest BCUT2D eigenvalue weighted by atomic mass is 79.9. The zero-order chi connectivity index (χ0) is 14.7. The number of benzene rings is 1. The Kier molecular flexibility index (Phi) is 4.99. The second kappa shape index (κ2) is 6.54. The molecule has 6 heteroatoms. The second-order valence-corrected chi connectivity index (χ2v) is 5.89. The first-order chi connectivity index (χ1) is 9.51. The monoisotopic (exact) mass is 344 g/mol. The fraction of sp³-hybridized carbons (Fsp3) is 0.500. The third-order valence-electron chi connectivity index (χ3n) is 3.69. The summed E-state index contributed by atoms with van der Waals surface area (Å²) in [5, 5.41) is 9.40. The van der Waals surface area contributed by atoms with Gasteiger partial charge in [-0.25, -0.2) is 9.18 Å². The van der Waals surface area contributed by atoms with Crippen molar-refractivity contribution in [2.45, 2.75) is 13.3 Å². The van der Waals surface area contributed by atoms with Gasteiger partial charge in [0.2, 0.25) is 0 Å². The molecule has 0 spiro atoms. The summed E-state index contributed by atoms with van der Waals surface area (Å²) in [7, 11) is 0. The Balaban J connectivity index is 2.13. The zero-order valence-electron chi connectivity index (χ0n) is 11.4. The van der Waals surface area contributed by atoms with Crippen LogP contribution >= 0.6 is 15.9 Å². The smallest absolute Gasteiger partial charge is 0.411 e. The Morgan fingerprint density at radius 1 is 1.60 bits per heavy atom. The van der Waals surface area contributed by atoms with Gasteiger partial charge >= 0.3 is 6.09 Å². The van der Waals surface area contributed by atoms with E-state index in [2.05, 4.69) is 27.8 Å². The Morgan fingerprint density at radius 3 is 2.90 bits per heavy atom. The molecule has 0 bridgehead atoms. The number of likely N-dealkylation sites (tertiary alicyclic amines) is 1. The third kappa shape index (κ3) is 3.49. The molecule has 0 aromatic heterocycles. The van der Waals surface area contributed by atoms with Crippen molar-refractivity contribution in [1.82, 2.24) is 4.90 Å². The SMILES string of the molecule is CCN1CCC(CN(C(=O)O)c2ccc(F)cc2Br)C1. The van der Waals surface area contributed by atoms with Crippen molar-refractivity contribution in [3.8, 4) is 0 Å². The molecule has 0 saturated carbocycles. The Hall–Kier alpha value is -1.14. The molecule has 1 unspecified atom stereocenters. The van der Waals surface area contributed by atoms with Crippen molar-refractivity contribution >= 4 is 27.7 Å². The summed E-state index contributed by atoms with van der Waals surface area (Å²) in [5.41, 5.74) is 0.494. The van der Waals surface area contributed by atoms with Crippen LogP contribution in [0.4, 0.5) is 14.9 Å². The molecule has 1 aliphatic heterocycles. The average molecular weight is 345 g/mol. The molecule has 20 heavy (non-hydrogen) atoms. The summed E-state index contributed by atoms with van der Waals surface area (Å²) >= 11 is 3.24. The molecule has 1 heterocycles. The van der Waals surface area contributed by atoms with Crippen LogP contribution in [0.1, 0.15) is 13.3 Å². The summed E-state index contributed by atoms with van der Waals surface area (Å²) < 4.78 is 13.6. The normalized spacial score (nSPS) is 19.2. The number of amides is 1. The molecule has 0 aliphatic carbocycles. The molecule has 4 nitrogen and oxygen atoms in total. The van der Waals surface area contributed by atoms with Gasteiger partial charge in [-0.05, 0) is 59.6 Å². The number of nitrogens with zero attached hydrogens (tertiary/aromatic N) is 2. The van der Waals surface area contributed by atoms with Crippen LogP contribution in [0.3, 0.4) is 0 Å². The highest BCUT2D eigenvalue weighted by Gasteiger charge is 2.27. The van der Waals surface area contributed by atoms with Crippen molar-refractivity contribution in [1.29, 1.82) is 0 Å². The van der Waals surface area contributed by atoms with Crippen LogP contribution in [0.5, 0.6) is 0 Å². The van der Waals surface area contributed by atoms with Crippen molar-refractivity contribution in [3.05, 3.63) is 28.5 Å². The standard InChI is InChI=1S/C14H18BrFN2O2/c1-2-17-6-5-10(8-17)9-18(14(19)20)13-4-3-11(16)7-12(13)15/h3-4,7,10H,2,5-6,8-9H2,1H3,(H,19,20). The number of carbonyl (C=O) groups is 1. The third-order valence-corrected chi connectivity index (χ3v) is 4.32. The van der Waals surface area contributed by atoms with Crippen LogP contribution in [-0.4, -0.2) is 42.3 Å². The minimum atomic E-state index is -1.01. The first-order valence-corrected chi connectivity index (χ1v) is 7.48. The lowest BCUT2D eigenvalue weighted by Gasteiger charge is -2.24. The van der Waals surface area contributed by atoms with Gasteiger partial charge in [0, 0.05) is 17.6 Å². The van der Waals surface area contributed by atoms with E-state index in [1.54, 1.807) is 0 Å². The number of halogens is 2. The average Bonchev–Trinajstić information content (AvgIpc) is 2.84. The Bertz CT molecular complexity index is 498. The van der Waals surface area contributed by atoms with Gasteiger partial charge < -0.3 is 10.0 Å². The van der Waals surface area contributed by atoms with Gasteiger partial charge in [0.15, 0.2) is 0 Å². The molecule has 110 valence electrons. The van der Waals surface area contributed by atoms with Gasteiger partial charge in [-0.3, -0.25) is 4.90 Å². The Labute approximate surface area is 126 Å². The van der Waals surface area contributed by atoms with Gasteiger partial charge in [0.05, 0.1) is 5.69 Å². The van der Waals surface area contributed by atoms with Gasteiger partial charge in [-0.2, -0.15) is 0 Å². The second-order valence-electron chi connectivity index (χ2n) is 5.04. The van der Waals surface area contributed by atoms with Gasteiger partial charge in [0.1, 0.15) is 5.82 Å². The van der Waals surface area contributed by atoms with Gasteiger partial charge in [-0.1, -0.05) is 6.92 Å². The molecule has 2 rings (SSSR count). The van der Waals surface area contributed by atoms with E-state index in [-0.39, 0.29) is 5.82 Å². The van der Waals surface area contributed by atoms with Crippen molar-refractivity contribution in [3.63, 3.8) is 0 Å². The molecule has 1 saturated heterocycles. The van der Waals surface area contributed by atoms with Crippen molar-refractivity contribution < 1.29 is 14.3 Å². The predicted molar refractivity (Wildman–Crippen MR) is 79.7 cm³/mol. The maximum atomic E-state index is 13.1. The summed E-state index contributed by atoms with van der Waals surface area (Å²) in [6.45, 7) is 5.46. The van der Waals surface area contributed by atoms with Crippen LogP contribution in [0.15, 0.2) is 22.7 Å². The molecular weight excluding hydrogens is 327 g/mol. The van der Waals surface area contributed by atoms with Crippen LogP contribution < -0.4 is 4.90 Å². The van der Waals surface area contributed by atoms with E-state index in [9.17, 15) is 14.3 Å². The molecule has 1 aromatic carbocycles.